The van der Waals surface area contributed by atoms with Gasteiger partial charge >= 0.3 is 0 Å². The zero-order valence-electron chi connectivity index (χ0n) is 11.6. The lowest BCUT2D eigenvalue weighted by molar-refractivity contribution is 0.153. The van der Waals surface area contributed by atoms with Gasteiger partial charge in [0.1, 0.15) is 0 Å². The quantitative estimate of drug-likeness (QED) is 0.650. The molecule has 1 aliphatic rings. The van der Waals surface area contributed by atoms with Gasteiger partial charge in [0.25, 0.3) is 0 Å². The van der Waals surface area contributed by atoms with Crippen LogP contribution in [0.25, 0.3) is 0 Å². The van der Waals surface area contributed by atoms with Gasteiger partial charge in [-0.3, -0.25) is 4.90 Å². The van der Waals surface area contributed by atoms with E-state index in [1.807, 2.05) is 0 Å². The van der Waals surface area contributed by atoms with Crippen molar-refractivity contribution in [3.8, 4) is 0 Å². The molecular weight excluding hydrogens is 196 g/mol. The van der Waals surface area contributed by atoms with Crippen LogP contribution in [-0.2, 0) is 0 Å². The molecule has 2 heteroatoms. The third-order valence-electron chi connectivity index (χ3n) is 3.31. The van der Waals surface area contributed by atoms with Gasteiger partial charge in [-0.15, -0.1) is 0 Å². The van der Waals surface area contributed by atoms with Crippen molar-refractivity contribution in [2.45, 2.75) is 65.5 Å². The number of hydrogen-bond acceptors (Lipinski definition) is 2. The first kappa shape index (κ1) is 14.0. The van der Waals surface area contributed by atoms with Gasteiger partial charge in [-0.25, -0.2) is 0 Å². The summed E-state index contributed by atoms with van der Waals surface area (Å²) < 4.78 is 0. The van der Waals surface area contributed by atoms with E-state index >= 15 is 0 Å². The predicted molar refractivity (Wildman–Crippen MR) is 71.8 cm³/mol. The van der Waals surface area contributed by atoms with Crippen LogP contribution < -0.4 is 5.32 Å². The number of nitrogens with one attached hydrogen (secondary N) is 1. The topological polar surface area (TPSA) is 15.3 Å². The van der Waals surface area contributed by atoms with E-state index in [0.29, 0.717) is 0 Å². The number of hydrogen-bond donors (Lipinski definition) is 1. The highest BCUT2D eigenvalue weighted by Crippen LogP contribution is 2.30. The van der Waals surface area contributed by atoms with Gasteiger partial charge in [0.2, 0.25) is 0 Å². The zero-order valence-corrected chi connectivity index (χ0v) is 11.6. The first-order chi connectivity index (χ1) is 7.69. The average molecular weight is 226 g/mol. The maximum Gasteiger partial charge on any atom is 0.0223 e. The number of nitrogens with zero attached hydrogens (tertiary/aromatic N) is 1. The molecule has 1 rings (SSSR count). The third-order valence-corrected chi connectivity index (χ3v) is 3.31. The van der Waals surface area contributed by atoms with E-state index in [0.717, 1.165) is 24.5 Å². The van der Waals surface area contributed by atoms with Gasteiger partial charge < -0.3 is 5.32 Å². The van der Waals surface area contributed by atoms with Crippen LogP contribution in [-0.4, -0.2) is 36.6 Å². The van der Waals surface area contributed by atoms with Gasteiger partial charge in [0.05, 0.1) is 0 Å². The molecule has 0 bridgehead atoms. The summed E-state index contributed by atoms with van der Waals surface area (Å²) in [6.45, 7) is 12.7. The first-order valence-corrected chi connectivity index (χ1v) is 7.15. The fourth-order valence-electron chi connectivity index (χ4n) is 2.45. The van der Waals surface area contributed by atoms with Crippen molar-refractivity contribution in [1.29, 1.82) is 0 Å². The lowest BCUT2D eigenvalue weighted by Crippen LogP contribution is -2.45. The van der Waals surface area contributed by atoms with E-state index in [1.165, 1.54) is 38.8 Å². The zero-order chi connectivity index (χ0) is 12.0. The molecule has 96 valence electrons. The van der Waals surface area contributed by atoms with Crippen LogP contribution in [0.4, 0.5) is 0 Å². The van der Waals surface area contributed by atoms with Crippen LogP contribution in [0, 0.1) is 5.92 Å². The molecule has 1 fully saturated rings. The van der Waals surface area contributed by atoms with Crippen LogP contribution >= 0.6 is 0 Å². The van der Waals surface area contributed by atoms with Gasteiger partial charge in [-0.05, 0) is 31.7 Å². The smallest absolute Gasteiger partial charge is 0.0223 e. The number of rotatable bonds is 9. The molecule has 0 amide bonds. The van der Waals surface area contributed by atoms with Crippen LogP contribution in [0.3, 0.4) is 0 Å². The number of likely N-dealkylation sites (N-methyl/N-ethyl adjacent to an activating group) is 1. The van der Waals surface area contributed by atoms with Crippen molar-refractivity contribution >= 4 is 0 Å². The summed E-state index contributed by atoms with van der Waals surface area (Å²) >= 11 is 0. The van der Waals surface area contributed by atoms with Gasteiger partial charge in [0, 0.05) is 25.2 Å². The van der Waals surface area contributed by atoms with E-state index in [9.17, 15) is 0 Å². The van der Waals surface area contributed by atoms with Gasteiger partial charge in [-0.1, -0.05) is 34.1 Å². The molecule has 1 unspecified atom stereocenters. The standard InChI is InChI=1S/C14H30N2/c1-5-7-14(10-15-6-2)16(11-12(3)4)13-8-9-13/h12-15H,5-11H2,1-4H3. The molecule has 0 heterocycles. The molecule has 0 aromatic carbocycles. The van der Waals surface area contributed by atoms with Crippen molar-refractivity contribution in [3.63, 3.8) is 0 Å². The van der Waals surface area contributed by atoms with E-state index in [2.05, 4.69) is 37.9 Å². The average Bonchev–Trinajstić information content (AvgIpc) is 3.04. The Hall–Kier alpha value is -0.0800. The Kier molecular flexibility index (Phi) is 6.37. The highest BCUT2D eigenvalue weighted by molar-refractivity contribution is 4.89. The monoisotopic (exact) mass is 226 g/mol. The highest BCUT2D eigenvalue weighted by Gasteiger charge is 2.33. The van der Waals surface area contributed by atoms with E-state index in [-0.39, 0.29) is 0 Å². The third kappa shape index (κ3) is 4.84. The van der Waals surface area contributed by atoms with E-state index in [4.69, 9.17) is 0 Å². The molecule has 0 aromatic heterocycles. The molecule has 1 aliphatic carbocycles. The fraction of sp³-hybridized carbons (Fsp3) is 1.00. The molecular formula is C14H30N2. The lowest BCUT2D eigenvalue weighted by atomic mass is 10.1. The molecule has 16 heavy (non-hydrogen) atoms. The minimum atomic E-state index is 0.764. The second kappa shape index (κ2) is 7.29. The Bertz CT molecular complexity index is 176. The van der Waals surface area contributed by atoms with Crippen LogP contribution in [0.5, 0.6) is 0 Å². The normalized spacial score (nSPS) is 18.4. The SMILES string of the molecule is CCCC(CNCC)N(CC(C)C)C1CC1. The highest BCUT2D eigenvalue weighted by atomic mass is 15.2. The summed E-state index contributed by atoms with van der Waals surface area (Å²) in [5, 5.41) is 3.53. The van der Waals surface area contributed by atoms with Crippen molar-refractivity contribution in [3.05, 3.63) is 0 Å². The Balaban J connectivity index is 2.47. The Labute approximate surface area is 102 Å². The summed E-state index contributed by atoms with van der Waals surface area (Å²) in [5.41, 5.74) is 0. The minimum absolute atomic E-state index is 0.764. The maximum absolute atomic E-state index is 3.53. The molecule has 2 nitrogen and oxygen atoms in total. The summed E-state index contributed by atoms with van der Waals surface area (Å²) in [5.74, 6) is 0.793. The molecule has 1 atom stereocenters. The molecule has 0 aromatic rings. The minimum Gasteiger partial charge on any atom is -0.315 e. The van der Waals surface area contributed by atoms with E-state index < -0.39 is 0 Å². The van der Waals surface area contributed by atoms with Crippen LogP contribution in [0.2, 0.25) is 0 Å². The maximum atomic E-state index is 3.53. The molecule has 0 spiro atoms. The Morgan fingerprint density at radius 3 is 2.38 bits per heavy atom. The van der Waals surface area contributed by atoms with E-state index in [1.54, 1.807) is 0 Å². The summed E-state index contributed by atoms with van der Waals surface area (Å²) in [7, 11) is 0. The van der Waals surface area contributed by atoms with Gasteiger partial charge in [0.15, 0.2) is 0 Å². The Morgan fingerprint density at radius 2 is 1.94 bits per heavy atom. The van der Waals surface area contributed by atoms with Crippen molar-refractivity contribution in [1.82, 2.24) is 10.2 Å². The first-order valence-electron chi connectivity index (χ1n) is 7.15. The summed E-state index contributed by atoms with van der Waals surface area (Å²) in [6.07, 6.45) is 5.51. The second-order valence-corrected chi connectivity index (χ2v) is 5.57. The second-order valence-electron chi connectivity index (χ2n) is 5.57. The largest absolute Gasteiger partial charge is 0.315 e. The predicted octanol–water partition coefficient (Wildman–Crippen LogP) is 2.89. The summed E-state index contributed by atoms with van der Waals surface area (Å²) in [6, 6.07) is 1.66. The van der Waals surface area contributed by atoms with Crippen molar-refractivity contribution in [2.75, 3.05) is 19.6 Å². The molecule has 0 radical (unpaired) electrons. The van der Waals surface area contributed by atoms with Crippen LogP contribution in [0.15, 0.2) is 0 Å². The van der Waals surface area contributed by atoms with Crippen molar-refractivity contribution < 1.29 is 0 Å². The van der Waals surface area contributed by atoms with Crippen molar-refractivity contribution in [2.24, 2.45) is 5.92 Å². The molecule has 0 saturated heterocycles. The Morgan fingerprint density at radius 1 is 1.25 bits per heavy atom. The molecule has 1 saturated carbocycles. The van der Waals surface area contributed by atoms with Gasteiger partial charge in [-0.2, -0.15) is 0 Å². The van der Waals surface area contributed by atoms with Crippen LogP contribution in [0.1, 0.15) is 53.4 Å². The molecule has 1 N–H and O–H groups in total. The molecule has 0 aliphatic heterocycles. The fourth-order valence-corrected chi connectivity index (χ4v) is 2.45. The lowest BCUT2D eigenvalue weighted by Gasteiger charge is -2.33. The summed E-state index contributed by atoms with van der Waals surface area (Å²) in [4.78, 5) is 2.77.